The first kappa shape index (κ1) is 18.2. The van der Waals surface area contributed by atoms with Crippen LogP contribution in [-0.4, -0.2) is 65.7 Å². The zero-order valence-corrected chi connectivity index (χ0v) is 15.8. The molecule has 138 valence electrons. The molecule has 1 aliphatic heterocycles. The lowest BCUT2D eigenvalue weighted by Crippen LogP contribution is -2.49. The molecule has 3 rings (SSSR count). The first-order chi connectivity index (χ1) is 11.8. The molecule has 1 aromatic rings. The number of hydrogen-bond donors (Lipinski definition) is 2. The molecule has 2 fully saturated rings. The van der Waals surface area contributed by atoms with E-state index in [-0.39, 0.29) is 18.1 Å². The van der Waals surface area contributed by atoms with Crippen LogP contribution in [0, 0.1) is 11.8 Å². The van der Waals surface area contributed by atoms with Gasteiger partial charge in [0.05, 0.1) is 6.10 Å². The third kappa shape index (κ3) is 3.82. The third-order valence-corrected chi connectivity index (χ3v) is 5.82. The summed E-state index contributed by atoms with van der Waals surface area (Å²) in [7, 11) is 4.05. The number of likely N-dealkylation sites (tertiary alicyclic amines) is 1. The zero-order valence-electron chi connectivity index (χ0n) is 15.8. The van der Waals surface area contributed by atoms with Gasteiger partial charge < -0.3 is 20.2 Å². The van der Waals surface area contributed by atoms with Gasteiger partial charge in [0.15, 0.2) is 0 Å². The first-order valence-electron chi connectivity index (χ1n) is 9.25. The van der Waals surface area contributed by atoms with Crippen molar-refractivity contribution in [2.24, 2.45) is 11.8 Å². The van der Waals surface area contributed by atoms with Gasteiger partial charge in [0.1, 0.15) is 5.54 Å². The Morgan fingerprint density at radius 2 is 1.76 bits per heavy atom. The van der Waals surface area contributed by atoms with Crippen LogP contribution in [0.4, 0.5) is 5.69 Å². The molecule has 0 aromatic heterocycles. The minimum atomic E-state index is -0.644. The van der Waals surface area contributed by atoms with Crippen molar-refractivity contribution in [2.75, 3.05) is 32.5 Å². The minimum absolute atomic E-state index is 0.140. The van der Waals surface area contributed by atoms with Crippen LogP contribution in [0.3, 0.4) is 0 Å². The molecular weight excluding hydrogens is 314 g/mol. The van der Waals surface area contributed by atoms with E-state index in [0.717, 1.165) is 31.6 Å². The molecule has 1 saturated heterocycles. The van der Waals surface area contributed by atoms with Crippen LogP contribution in [0.1, 0.15) is 26.7 Å². The summed E-state index contributed by atoms with van der Waals surface area (Å²) in [5, 5.41) is 13.8. The van der Waals surface area contributed by atoms with Crippen LogP contribution in [0.2, 0.25) is 0 Å². The highest BCUT2D eigenvalue weighted by Gasteiger charge is 2.45. The number of fused-ring (bicyclic) bond motifs is 1. The second-order valence-corrected chi connectivity index (χ2v) is 8.42. The average Bonchev–Trinajstić information content (AvgIpc) is 2.96. The Hall–Kier alpha value is -1.59. The van der Waals surface area contributed by atoms with Gasteiger partial charge in [-0.15, -0.1) is 0 Å². The molecule has 1 aromatic carbocycles. The lowest BCUT2D eigenvalue weighted by molar-refractivity contribution is -0.134. The highest BCUT2D eigenvalue weighted by molar-refractivity contribution is 5.88. The van der Waals surface area contributed by atoms with Crippen LogP contribution in [0.25, 0.3) is 0 Å². The molecule has 0 radical (unpaired) electrons. The summed E-state index contributed by atoms with van der Waals surface area (Å²) >= 11 is 0. The van der Waals surface area contributed by atoms with Crippen molar-refractivity contribution < 1.29 is 9.90 Å². The topological polar surface area (TPSA) is 55.8 Å². The molecule has 0 unspecified atom stereocenters. The van der Waals surface area contributed by atoms with Crippen molar-refractivity contribution >= 4 is 11.6 Å². The van der Waals surface area contributed by atoms with Crippen LogP contribution in [0.15, 0.2) is 30.3 Å². The minimum Gasteiger partial charge on any atom is -0.391 e. The van der Waals surface area contributed by atoms with E-state index in [0.29, 0.717) is 11.8 Å². The van der Waals surface area contributed by atoms with Gasteiger partial charge >= 0.3 is 0 Å². The molecule has 1 heterocycles. The SMILES string of the molecule is CN(C)[C@@H]1C[C@@H]2CN(C(=O)C(C)(C)Nc3ccccc3)C[C@@H]2C[C@H]1O. The summed E-state index contributed by atoms with van der Waals surface area (Å²) < 4.78 is 0. The monoisotopic (exact) mass is 345 g/mol. The van der Waals surface area contributed by atoms with Crippen molar-refractivity contribution in [3.8, 4) is 0 Å². The van der Waals surface area contributed by atoms with Crippen LogP contribution in [-0.2, 0) is 4.79 Å². The number of aliphatic hydroxyl groups excluding tert-OH is 1. The molecule has 4 atom stereocenters. The standard InChI is InChI=1S/C20H31N3O2/c1-20(2,21-16-8-6-5-7-9-16)19(25)23-12-14-10-17(22(3)4)18(24)11-15(14)13-23/h5-9,14-15,17-18,21,24H,10-13H2,1-4H3/t14-,15+,17-,18-/m1/s1. The fraction of sp³-hybridized carbons (Fsp3) is 0.650. The zero-order chi connectivity index (χ0) is 18.2. The quantitative estimate of drug-likeness (QED) is 0.877. The number of nitrogens with one attached hydrogen (secondary N) is 1. The predicted molar refractivity (Wildman–Crippen MR) is 100 cm³/mol. The maximum atomic E-state index is 13.1. The number of aliphatic hydroxyl groups is 1. The summed E-state index contributed by atoms with van der Waals surface area (Å²) in [5.41, 5.74) is 0.314. The summed E-state index contributed by atoms with van der Waals surface area (Å²) in [5.74, 6) is 1.05. The van der Waals surface area contributed by atoms with Crippen molar-refractivity contribution in [3.05, 3.63) is 30.3 Å². The fourth-order valence-corrected chi connectivity index (χ4v) is 4.46. The lowest BCUT2D eigenvalue weighted by Gasteiger charge is -2.38. The molecule has 25 heavy (non-hydrogen) atoms. The number of carbonyl (C=O) groups excluding carboxylic acids is 1. The van der Waals surface area contributed by atoms with Gasteiger partial charge in [0, 0.05) is 24.8 Å². The maximum Gasteiger partial charge on any atom is 0.247 e. The Kier molecular flexibility index (Phi) is 5.07. The Bertz CT molecular complexity index is 602. The van der Waals surface area contributed by atoms with Gasteiger partial charge in [-0.3, -0.25) is 4.79 Å². The van der Waals surface area contributed by atoms with E-state index in [1.54, 1.807) is 0 Å². The van der Waals surface area contributed by atoms with E-state index in [2.05, 4.69) is 10.2 Å². The lowest BCUT2D eigenvalue weighted by atomic mass is 9.77. The van der Waals surface area contributed by atoms with Gasteiger partial charge in [0.25, 0.3) is 0 Å². The second-order valence-electron chi connectivity index (χ2n) is 8.42. The average molecular weight is 345 g/mol. The molecule has 1 saturated carbocycles. The molecule has 1 aliphatic carbocycles. The Morgan fingerprint density at radius 3 is 2.36 bits per heavy atom. The molecule has 0 spiro atoms. The van der Waals surface area contributed by atoms with Crippen LogP contribution >= 0.6 is 0 Å². The number of rotatable bonds is 4. The molecule has 2 N–H and O–H groups in total. The van der Waals surface area contributed by atoms with E-state index >= 15 is 0 Å². The van der Waals surface area contributed by atoms with Crippen LogP contribution in [0.5, 0.6) is 0 Å². The molecule has 0 bridgehead atoms. The van der Waals surface area contributed by atoms with Gasteiger partial charge in [-0.05, 0) is 64.8 Å². The molecule has 5 nitrogen and oxygen atoms in total. The first-order valence-corrected chi connectivity index (χ1v) is 9.25. The highest BCUT2D eigenvalue weighted by Crippen LogP contribution is 2.38. The Labute approximate surface area is 151 Å². The van der Waals surface area contributed by atoms with E-state index in [4.69, 9.17) is 0 Å². The fourth-order valence-electron chi connectivity index (χ4n) is 4.46. The number of anilines is 1. The number of nitrogens with zero attached hydrogens (tertiary/aromatic N) is 2. The van der Waals surface area contributed by atoms with Crippen molar-refractivity contribution in [1.29, 1.82) is 0 Å². The van der Waals surface area contributed by atoms with Gasteiger partial charge in [0.2, 0.25) is 5.91 Å². The van der Waals surface area contributed by atoms with E-state index < -0.39 is 5.54 Å². The predicted octanol–water partition coefficient (Wildman–Crippen LogP) is 2.04. The van der Waals surface area contributed by atoms with Crippen molar-refractivity contribution in [1.82, 2.24) is 9.80 Å². The number of benzene rings is 1. The highest BCUT2D eigenvalue weighted by atomic mass is 16.3. The number of amides is 1. The largest absolute Gasteiger partial charge is 0.391 e. The summed E-state index contributed by atoms with van der Waals surface area (Å²) in [6, 6.07) is 10.1. The van der Waals surface area contributed by atoms with E-state index in [9.17, 15) is 9.90 Å². The molecular formula is C20H31N3O2. The smallest absolute Gasteiger partial charge is 0.247 e. The summed E-state index contributed by atoms with van der Waals surface area (Å²) in [6.07, 6.45) is 1.47. The van der Waals surface area contributed by atoms with Gasteiger partial charge in [-0.25, -0.2) is 0 Å². The normalized spacial score (nSPS) is 29.6. The Morgan fingerprint density at radius 1 is 1.16 bits per heavy atom. The number of likely N-dealkylation sites (N-methyl/N-ethyl adjacent to an activating group) is 1. The number of hydrogen-bond acceptors (Lipinski definition) is 4. The van der Waals surface area contributed by atoms with Gasteiger partial charge in [-0.2, -0.15) is 0 Å². The Balaban J connectivity index is 1.66. The molecule has 1 amide bonds. The molecule has 5 heteroatoms. The summed E-state index contributed by atoms with van der Waals surface area (Å²) in [4.78, 5) is 17.2. The van der Waals surface area contributed by atoms with Crippen molar-refractivity contribution in [3.63, 3.8) is 0 Å². The second kappa shape index (κ2) is 6.96. The number of para-hydroxylation sites is 1. The van der Waals surface area contributed by atoms with Crippen molar-refractivity contribution in [2.45, 2.75) is 44.4 Å². The maximum absolute atomic E-state index is 13.1. The van der Waals surface area contributed by atoms with Crippen LogP contribution < -0.4 is 5.32 Å². The van der Waals surface area contributed by atoms with Gasteiger partial charge in [-0.1, -0.05) is 18.2 Å². The number of carbonyl (C=O) groups is 1. The van der Waals surface area contributed by atoms with E-state index in [1.807, 2.05) is 63.2 Å². The molecule has 2 aliphatic rings. The third-order valence-electron chi connectivity index (χ3n) is 5.82. The summed E-state index contributed by atoms with van der Waals surface area (Å²) in [6.45, 7) is 5.46. The van der Waals surface area contributed by atoms with E-state index in [1.165, 1.54) is 0 Å².